The van der Waals surface area contributed by atoms with Crippen molar-refractivity contribution in [3.8, 4) is 35.3 Å². The molecule has 0 bridgehead atoms. The standard InChI is InChI=1S/C29H28N2O5/c1-3-26-27(12-10-22-9-11-24(32-2)15-23(22)17-30)31-29(36-20-25-19-33-13-14-34-25)16-28(26)35-18-21-7-5-4-6-8-21/h4-9,11,15-16,25H,3,13-14,18-20H2,1-2H3/t25-/m0/s1. The topological polar surface area (TPSA) is 82.8 Å². The van der Waals surface area contributed by atoms with Crippen LogP contribution in [0, 0.1) is 23.2 Å². The van der Waals surface area contributed by atoms with Gasteiger partial charge in [0.2, 0.25) is 5.88 Å². The largest absolute Gasteiger partial charge is 0.497 e. The van der Waals surface area contributed by atoms with E-state index in [1.807, 2.05) is 37.3 Å². The molecule has 0 amide bonds. The Balaban J connectivity index is 1.65. The number of nitrogens with zero attached hydrogens (tertiary/aromatic N) is 2. The van der Waals surface area contributed by atoms with Crippen LogP contribution in [0.4, 0.5) is 0 Å². The van der Waals surface area contributed by atoms with Gasteiger partial charge in [0.15, 0.2) is 0 Å². The van der Waals surface area contributed by atoms with Gasteiger partial charge in [-0.15, -0.1) is 0 Å². The highest BCUT2D eigenvalue weighted by atomic mass is 16.6. The third-order valence-corrected chi connectivity index (χ3v) is 5.62. The predicted octanol–water partition coefficient (Wildman–Crippen LogP) is 4.30. The van der Waals surface area contributed by atoms with Crippen molar-refractivity contribution in [2.75, 3.05) is 33.5 Å². The summed E-state index contributed by atoms with van der Waals surface area (Å²) in [4.78, 5) is 4.67. The van der Waals surface area contributed by atoms with E-state index < -0.39 is 0 Å². The van der Waals surface area contributed by atoms with Gasteiger partial charge in [-0.3, -0.25) is 0 Å². The molecular formula is C29H28N2O5. The zero-order chi connectivity index (χ0) is 25.2. The molecule has 2 aromatic carbocycles. The van der Waals surface area contributed by atoms with Crippen molar-refractivity contribution >= 4 is 0 Å². The molecular weight excluding hydrogens is 456 g/mol. The number of rotatable bonds is 8. The SMILES string of the molecule is CCc1c(OCc2ccccc2)cc(OC[C@@H]2COCCO2)nc1C#Cc1ccc(OC)cc1C#N. The van der Waals surface area contributed by atoms with Crippen LogP contribution < -0.4 is 14.2 Å². The number of aromatic nitrogens is 1. The summed E-state index contributed by atoms with van der Waals surface area (Å²) in [6, 6.07) is 19.1. The van der Waals surface area contributed by atoms with E-state index in [0.29, 0.717) is 73.7 Å². The molecule has 0 unspecified atom stereocenters. The van der Waals surface area contributed by atoms with Gasteiger partial charge in [0.25, 0.3) is 0 Å². The second-order valence-corrected chi connectivity index (χ2v) is 8.07. The molecule has 0 aliphatic carbocycles. The molecule has 184 valence electrons. The lowest BCUT2D eigenvalue weighted by Gasteiger charge is -2.23. The van der Waals surface area contributed by atoms with E-state index >= 15 is 0 Å². The summed E-state index contributed by atoms with van der Waals surface area (Å²) < 4.78 is 28.5. The molecule has 1 atom stereocenters. The molecule has 1 aliphatic heterocycles. The van der Waals surface area contributed by atoms with E-state index in [1.54, 1.807) is 31.4 Å². The van der Waals surface area contributed by atoms with Crippen LogP contribution >= 0.6 is 0 Å². The minimum absolute atomic E-state index is 0.160. The summed E-state index contributed by atoms with van der Waals surface area (Å²) in [5, 5.41) is 9.55. The van der Waals surface area contributed by atoms with Gasteiger partial charge >= 0.3 is 0 Å². The Hall–Kier alpha value is -4.04. The zero-order valence-electron chi connectivity index (χ0n) is 20.5. The summed E-state index contributed by atoms with van der Waals surface area (Å²) in [6.45, 7) is 4.35. The van der Waals surface area contributed by atoms with Crippen LogP contribution in [0.1, 0.15) is 34.9 Å². The molecule has 1 aromatic heterocycles. The Kier molecular flexibility index (Phi) is 8.77. The lowest BCUT2D eigenvalue weighted by atomic mass is 10.1. The van der Waals surface area contributed by atoms with Gasteiger partial charge in [0, 0.05) is 17.2 Å². The molecule has 0 N–H and O–H groups in total. The highest BCUT2D eigenvalue weighted by Gasteiger charge is 2.18. The Morgan fingerprint density at radius 2 is 1.89 bits per heavy atom. The highest BCUT2D eigenvalue weighted by molar-refractivity contribution is 5.55. The van der Waals surface area contributed by atoms with Crippen molar-refractivity contribution in [3.63, 3.8) is 0 Å². The van der Waals surface area contributed by atoms with E-state index in [4.69, 9.17) is 23.7 Å². The molecule has 7 nitrogen and oxygen atoms in total. The van der Waals surface area contributed by atoms with Crippen LogP contribution in [0.25, 0.3) is 0 Å². The summed E-state index contributed by atoms with van der Waals surface area (Å²) in [7, 11) is 1.56. The summed E-state index contributed by atoms with van der Waals surface area (Å²) in [5.41, 5.74) is 3.49. The number of hydrogen-bond donors (Lipinski definition) is 0. The number of hydrogen-bond acceptors (Lipinski definition) is 7. The second-order valence-electron chi connectivity index (χ2n) is 8.07. The number of ether oxygens (including phenoxy) is 5. The van der Waals surface area contributed by atoms with Crippen LogP contribution in [0.15, 0.2) is 54.6 Å². The molecule has 2 heterocycles. The normalized spacial score (nSPS) is 14.8. The zero-order valence-corrected chi connectivity index (χ0v) is 20.5. The van der Waals surface area contributed by atoms with E-state index in [2.05, 4.69) is 22.9 Å². The van der Waals surface area contributed by atoms with Crippen molar-refractivity contribution in [1.29, 1.82) is 5.26 Å². The van der Waals surface area contributed by atoms with Gasteiger partial charge in [-0.25, -0.2) is 4.98 Å². The number of benzene rings is 2. The van der Waals surface area contributed by atoms with Crippen LogP contribution in [0.5, 0.6) is 17.4 Å². The maximum absolute atomic E-state index is 9.55. The molecule has 0 saturated carbocycles. The average molecular weight is 485 g/mol. The first kappa shape index (κ1) is 25.1. The van der Waals surface area contributed by atoms with Crippen LogP contribution in [-0.2, 0) is 22.5 Å². The molecule has 7 heteroatoms. The van der Waals surface area contributed by atoms with Crippen molar-refractivity contribution in [1.82, 2.24) is 4.98 Å². The minimum atomic E-state index is -0.160. The van der Waals surface area contributed by atoms with Crippen LogP contribution in [0.2, 0.25) is 0 Å². The van der Waals surface area contributed by atoms with Gasteiger partial charge < -0.3 is 23.7 Å². The maximum Gasteiger partial charge on any atom is 0.218 e. The first-order valence-corrected chi connectivity index (χ1v) is 11.8. The first-order valence-electron chi connectivity index (χ1n) is 11.8. The highest BCUT2D eigenvalue weighted by Crippen LogP contribution is 2.28. The maximum atomic E-state index is 9.55. The third-order valence-electron chi connectivity index (χ3n) is 5.62. The van der Waals surface area contributed by atoms with E-state index in [1.165, 1.54) is 0 Å². The van der Waals surface area contributed by atoms with E-state index in [-0.39, 0.29) is 6.10 Å². The first-order chi connectivity index (χ1) is 17.7. The summed E-state index contributed by atoms with van der Waals surface area (Å²) >= 11 is 0. The summed E-state index contributed by atoms with van der Waals surface area (Å²) in [5.74, 6) is 7.89. The van der Waals surface area contributed by atoms with Crippen LogP contribution in [0.3, 0.4) is 0 Å². The van der Waals surface area contributed by atoms with Crippen molar-refractivity contribution < 1.29 is 23.7 Å². The predicted molar refractivity (Wildman–Crippen MR) is 134 cm³/mol. The minimum Gasteiger partial charge on any atom is -0.497 e. The lowest BCUT2D eigenvalue weighted by Crippen LogP contribution is -2.33. The Morgan fingerprint density at radius 3 is 2.61 bits per heavy atom. The second kappa shape index (κ2) is 12.6. The van der Waals surface area contributed by atoms with Gasteiger partial charge in [-0.2, -0.15) is 5.26 Å². The van der Waals surface area contributed by atoms with Gasteiger partial charge in [-0.1, -0.05) is 43.2 Å². The Labute approximate surface area is 211 Å². The molecule has 36 heavy (non-hydrogen) atoms. The smallest absolute Gasteiger partial charge is 0.218 e. The molecule has 0 spiro atoms. The van der Waals surface area contributed by atoms with Crippen molar-refractivity contribution in [2.45, 2.75) is 26.1 Å². The fraction of sp³-hybridized carbons (Fsp3) is 0.310. The van der Waals surface area contributed by atoms with E-state index in [9.17, 15) is 5.26 Å². The fourth-order valence-electron chi connectivity index (χ4n) is 3.70. The third kappa shape index (κ3) is 6.55. The Bertz CT molecular complexity index is 1270. The van der Waals surface area contributed by atoms with E-state index in [0.717, 1.165) is 11.1 Å². The van der Waals surface area contributed by atoms with Gasteiger partial charge in [0.1, 0.15) is 42.6 Å². The quantitative estimate of drug-likeness (QED) is 0.441. The fourth-order valence-corrected chi connectivity index (χ4v) is 3.70. The molecule has 1 saturated heterocycles. The number of nitriles is 1. The average Bonchev–Trinajstić information content (AvgIpc) is 2.94. The monoisotopic (exact) mass is 484 g/mol. The molecule has 4 rings (SSSR count). The lowest BCUT2D eigenvalue weighted by molar-refractivity contribution is -0.102. The molecule has 1 aliphatic rings. The van der Waals surface area contributed by atoms with Gasteiger partial charge in [0.05, 0.1) is 32.5 Å². The number of methoxy groups -OCH3 is 1. The Morgan fingerprint density at radius 1 is 1.03 bits per heavy atom. The molecule has 1 fully saturated rings. The van der Waals surface area contributed by atoms with Crippen molar-refractivity contribution in [3.05, 3.63) is 82.5 Å². The summed E-state index contributed by atoms with van der Waals surface area (Å²) in [6.07, 6.45) is 0.501. The van der Waals surface area contributed by atoms with Crippen LogP contribution in [-0.4, -0.2) is 44.6 Å². The molecule has 3 aromatic rings. The molecule has 0 radical (unpaired) electrons. The van der Waals surface area contributed by atoms with Gasteiger partial charge in [-0.05, 0) is 36.1 Å². The number of pyridine rings is 1. The van der Waals surface area contributed by atoms with Crippen molar-refractivity contribution in [2.24, 2.45) is 0 Å².